The number of piperazine rings is 1. The van der Waals surface area contributed by atoms with Crippen molar-refractivity contribution in [3.63, 3.8) is 0 Å². The molecule has 2 saturated heterocycles. The molecule has 2 aromatic carbocycles. The molecule has 0 aliphatic carbocycles. The van der Waals surface area contributed by atoms with Gasteiger partial charge in [-0.15, -0.1) is 0 Å². The Kier molecular flexibility index (Phi) is 7.70. The lowest BCUT2D eigenvalue weighted by atomic mass is 10.0. The number of rotatable bonds is 7. The monoisotopic (exact) mass is 477 g/mol. The minimum atomic E-state index is -0.565. The Morgan fingerprint density at radius 3 is 2.43 bits per heavy atom. The van der Waals surface area contributed by atoms with Crippen molar-refractivity contribution in [3.05, 3.63) is 71.3 Å². The fourth-order valence-corrected chi connectivity index (χ4v) is 4.89. The fourth-order valence-electron chi connectivity index (χ4n) is 4.89. The quantitative estimate of drug-likeness (QED) is 0.665. The first kappa shape index (κ1) is 24.7. The Morgan fingerprint density at radius 1 is 1.03 bits per heavy atom. The van der Waals surface area contributed by atoms with Crippen molar-refractivity contribution in [2.24, 2.45) is 0 Å². The van der Waals surface area contributed by atoms with Crippen LogP contribution in [0, 0.1) is 6.92 Å². The third kappa shape index (κ3) is 5.48. The Labute approximate surface area is 207 Å². The molecule has 8 heteroatoms. The summed E-state index contributed by atoms with van der Waals surface area (Å²) in [4.78, 5) is 43.6. The van der Waals surface area contributed by atoms with Gasteiger partial charge >= 0.3 is 6.03 Å². The number of benzene rings is 2. The minimum absolute atomic E-state index is 0.0437. The van der Waals surface area contributed by atoms with Crippen LogP contribution in [0.3, 0.4) is 0 Å². The van der Waals surface area contributed by atoms with Gasteiger partial charge in [0.15, 0.2) is 0 Å². The first-order valence-electron chi connectivity index (χ1n) is 12.4. The summed E-state index contributed by atoms with van der Waals surface area (Å²) in [7, 11) is 1.75. The van der Waals surface area contributed by atoms with Crippen molar-refractivity contribution in [3.8, 4) is 0 Å². The number of unbranched alkanes of at least 4 members (excludes halogenated alkanes) is 1. The molecule has 0 unspecified atom stereocenters. The molecule has 2 atom stereocenters. The molecule has 4 amide bonds. The second kappa shape index (κ2) is 10.9. The van der Waals surface area contributed by atoms with Gasteiger partial charge < -0.3 is 15.1 Å². The number of likely N-dealkylation sites (N-methyl/N-ethyl adjacent to an activating group) is 1. The van der Waals surface area contributed by atoms with E-state index in [0.29, 0.717) is 19.5 Å². The van der Waals surface area contributed by atoms with Crippen molar-refractivity contribution in [1.82, 2.24) is 25.1 Å². The highest BCUT2D eigenvalue weighted by Crippen LogP contribution is 2.29. The number of carbonyl (C=O) groups excluding carboxylic acids is 3. The average molecular weight is 478 g/mol. The van der Waals surface area contributed by atoms with Crippen molar-refractivity contribution in [1.29, 1.82) is 0 Å². The van der Waals surface area contributed by atoms with E-state index in [-0.39, 0.29) is 30.9 Å². The zero-order valence-electron chi connectivity index (χ0n) is 20.8. The minimum Gasteiger partial charge on any atom is -0.333 e. The molecule has 2 fully saturated rings. The highest BCUT2D eigenvalue weighted by molar-refractivity contribution is 5.91. The summed E-state index contributed by atoms with van der Waals surface area (Å²) in [5.41, 5.74) is 3.18. The predicted molar refractivity (Wildman–Crippen MR) is 134 cm³/mol. The van der Waals surface area contributed by atoms with Gasteiger partial charge in [0, 0.05) is 20.1 Å². The van der Waals surface area contributed by atoms with E-state index in [1.54, 1.807) is 26.9 Å². The van der Waals surface area contributed by atoms with Crippen LogP contribution in [0.1, 0.15) is 42.9 Å². The first-order valence-corrected chi connectivity index (χ1v) is 12.4. The highest BCUT2D eigenvalue weighted by atomic mass is 16.2. The number of carbonyl (C=O) groups is 3. The molecule has 186 valence electrons. The van der Waals surface area contributed by atoms with Crippen molar-refractivity contribution >= 4 is 17.8 Å². The normalized spacial score (nSPS) is 20.7. The van der Waals surface area contributed by atoms with Crippen LogP contribution < -0.4 is 5.32 Å². The van der Waals surface area contributed by atoms with E-state index in [4.69, 9.17) is 0 Å². The molecule has 2 aliphatic heterocycles. The summed E-state index contributed by atoms with van der Waals surface area (Å²) in [6.07, 6.45) is 1.80. The van der Waals surface area contributed by atoms with Crippen LogP contribution in [0.15, 0.2) is 54.6 Å². The predicted octanol–water partition coefficient (Wildman–Crippen LogP) is 3.12. The lowest BCUT2D eigenvalue weighted by Gasteiger charge is -2.54. The third-order valence-corrected chi connectivity index (χ3v) is 6.76. The summed E-state index contributed by atoms with van der Waals surface area (Å²) in [6.45, 7) is 5.26. The number of aryl methyl sites for hydroxylation is 1. The van der Waals surface area contributed by atoms with E-state index < -0.39 is 12.2 Å². The fraction of sp³-hybridized carbons (Fsp3) is 0.444. The van der Waals surface area contributed by atoms with Crippen LogP contribution in [-0.4, -0.2) is 70.0 Å². The largest absolute Gasteiger partial charge is 0.334 e. The van der Waals surface area contributed by atoms with Crippen LogP contribution in [0.4, 0.5) is 4.79 Å². The van der Waals surface area contributed by atoms with Gasteiger partial charge in [0.1, 0.15) is 12.2 Å². The topological polar surface area (TPSA) is 76.2 Å². The zero-order valence-corrected chi connectivity index (χ0v) is 20.8. The Balaban J connectivity index is 1.59. The number of nitrogens with one attached hydrogen (secondary N) is 1. The molecule has 2 heterocycles. The van der Waals surface area contributed by atoms with E-state index in [9.17, 15) is 14.4 Å². The van der Waals surface area contributed by atoms with E-state index in [0.717, 1.165) is 29.5 Å². The van der Waals surface area contributed by atoms with Gasteiger partial charge in [-0.05, 0) is 24.5 Å². The highest BCUT2D eigenvalue weighted by Gasteiger charge is 2.50. The second-order valence-corrected chi connectivity index (χ2v) is 9.45. The number of hydrazine groups is 1. The van der Waals surface area contributed by atoms with Crippen LogP contribution in [0.5, 0.6) is 0 Å². The number of hydrogen-bond acceptors (Lipinski definition) is 4. The van der Waals surface area contributed by atoms with E-state index >= 15 is 0 Å². The van der Waals surface area contributed by atoms with E-state index in [2.05, 4.69) is 12.2 Å². The van der Waals surface area contributed by atoms with Gasteiger partial charge in [0.25, 0.3) is 0 Å². The molecule has 1 N–H and O–H groups in total. The van der Waals surface area contributed by atoms with Gasteiger partial charge in [0.2, 0.25) is 11.8 Å². The number of fused-ring (bicyclic) bond motifs is 1. The number of hydrogen-bond donors (Lipinski definition) is 1. The maximum absolute atomic E-state index is 13.6. The zero-order chi connectivity index (χ0) is 24.9. The van der Waals surface area contributed by atoms with Gasteiger partial charge in [-0.1, -0.05) is 79.9 Å². The molecule has 0 spiro atoms. The standard InChI is InChI=1S/C27H35N5O3/c1-4-5-11-23-26(34)30(17-22-14-12-20(2)13-15-22)18-24-31(23)25(33)19-29(3)32(24)27(35)28-16-21-9-7-6-8-10-21/h6-10,12-15,23-24H,4-5,11,16-19H2,1-3H3,(H,28,35)/t23-,24-/m0/s1. The van der Waals surface area contributed by atoms with Crippen LogP contribution in [0.2, 0.25) is 0 Å². The van der Waals surface area contributed by atoms with E-state index in [1.807, 2.05) is 61.5 Å². The summed E-state index contributed by atoms with van der Waals surface area (Å²) in [5.74, 6) is -0.160. The number of amides is 4. The molecule has 0 radical (unpaired) electrons. The Hall–Kier alpha value is -3.39. The van der Waals surface area contributed by atoms with Gasteiger partial charge in [-0.2, -0.15) is 0 Å². The van der Waals surface area contributed by atoms with Gasteiger partial charge in [0.05, 0.1) is 13.1 Å². The lowest BCUT2D eigenvalue weighted by molar-refractivity contribution is -0.188. The van der Waals surface area contributed by atoms with Crippen LogP contribution in [-0.2, 0) is 22.7 Å². The molecule has 0 aromatic heterocycles. The third-order valence-electron chi connectivity index (χ3n) is 6.76. The van der Waals surface area contributed by atoms with Crippen LogP contribution in [0.25, 0.3) is 0 Å². The molecule has 0 saturated carbocycles. The van der Waals surface area contributed by atoms with Crippen molar-refractivity contribution < 1.29 is 14.4 Å². The summed E-state index contributed by atoms with van der Waals surface area (Å²) >= 11 is 0. The molecule has 2 aliphatic rings. The number of urea groups is 1. The SMILES string of the molecule is CCCC[C@H]1C(=O)N(Cc2ccc(C)cc2)C[C@H]2N1C(=O)CN(C)N2C(=O)NCc1ccccc1. The van der Waals surface area contributed by atoms with E-state index in [1.165, 1.54) is 0 Å². The molecular weight excluding hydrogens is 442 g/mol. The summed E-state index contributed by atoms with van der Waals surface area (Å²) in [6, 6.07) is 17.0. The smallest absolute Gasteiger partial charge is 0.333 e. The van der Waals surface area contributed by atoms with Crippen molar-refractivity contribution in [2.75, 3.05) is 20.1 Å². The Bertz CT molecular complexity index is 1040. The molecule has 2 aromatic rings. The molecular formula is C27H35N5O3. The van der Waals surface area contributed by atoms with Crippen molar-refractivity contribution in [2.45, 2.75) is 58.4 Å². The lowest BCUT2D eigenvalue weighted by Crippen LogP contribution is -2.75. The molecule has 0 bridgehead atoms. The first-order chi connectivity index (χ1) is 16.9. The van der Waals surface area contributed by atoms with Gasteiger partial charge in [-0.3, -0.25) is 9.59 Å². The number of nitrogens with zero attached hydrogens (tertiary/aromatic N) is 4. The maximum Gasteiger partial charge on any atom is 0.334 e. The molecule has 4 rings (SSSR count). The summed E-state index contributed by atoms with van der Waals surface area (Å²) in [5, 5.41) is 6.27. The maximum atomic E-state index is 13.6. The van der Waals surface area contributed by atoms with Gasteiger partial charge in [-0.25, -0.2) is 14.8 Å². The second-order valence-electron chi connectivity index (χ2n) is 9.45. The average Bonchev–Trinajstić information content (AvgIpc) is 2.85. The Morgan fingerprint density at radius 2 is 1.74 bits per heavy atom. The summed E-state index contributed by atoms with van der Waals surface area (Å²) < 4.78 is 0. The van der Waals surface area contributed by atoms with Crippen LogP contribution >= 0.6 is 0 Å². The molecule has 8 nitrogen and oxygen atoms in total. The molecule has 35 heavy (non-hydrogen) atoms.